The van der Waals surface area contributed by atoms with E-state index in [0.29, 0.717) is 26.2 Å². The summed E-state index contributed by atoms with van der Waals surface area (Å²) in [6.45, 7) is 6.88. The van der Waals surface area contributed by atoms with E-state index >= 15 is 0 Å². The van der Waals surface area contributed by atoms with Gasteiger partial charge in [-0.3, -0.25) is 9.10 Å². The van der Waals surface area contributed by atoms with Crippen molar-refractivity contribution in [2.45, 2.75) is 38.2 Å². The maximum absolute atomic E-state index is 13.7. The first kappa shape index (κ1) is 28.5. The highest BCUT2D eigenvalue weighted by Gasteiger charge is 2.25. The molecule has 0 aliphatic carbocycles. The number of fused-ring (bicyclic) bond motifs is 1. The van der Waals surface area contributed by atoms with Crippen molar-refractivity contribution in [1.82, 2.24) is 10.1 Å². The highest BCUT2D eigenvalue weighted by atomic mass is 35.5. The van der Waals surface area contributed by atoms with E-state index in [0.717, 1.165) is 10.8 Å². The van der Waals surface area contributed by atoms with Crippen LogP contribution in [0.3, 0.4) is 0 Å². The first-order valence-electron chi connectivity index (χ1n) is 11.9. The lowest BCUT2D eigenvalue weighted by Crippen LogP contribution is -2.36. The van der Waals surface area contributed by atoms with Crippen molar-refractivity contribution < 1.29 is 27.8 Å². The Bertz CT molecular complexity index is 1550. The topological polar surface area (TPSA) is 112 Å². The average molecular weight is 590 g/mol. The summed E-state index contributed by atoms with van der Waals surface area (Å²) in [5.74, 6) is -1.22. The van der Waals surface area contributed by atoms with Crippen molar-refractivity contribution >= 4 is 62.6 Å². The van der Waals surface area contributed by atoms with E-state index in [-0.39, 0.29) is 24.9 Å². The second-order valence-electron chi connectivity index (χ2n) is 9.37. The van der Waals surface area contributed by atoms with Gasteiger partial charge in [-0.2, -0.15) is 4.98 Å². The fourth-order valence-electron chi connectivity index (χ4n) is 3.63. The molecule has 0 saturated heterocycles. The van der Waals surface area contributed by atoms with Gasteiger partial charge in [0, 0.05) is 15.6 Å². The van der Waals surface area contributed by atoms with Gasteiger partial charge in [0.05, 0.1) is 17.2 Å². The van der Waals surface area contributed by atoms with E-state index in [9.17, 15) is 13.8 Å². The smallest absolute Gasteiger partial charge is 0.379 e. The molecule has 1 aromatic heterocycles. The van der Waals surface area contributed by atoms with Crippen molar-refractivity contribution in [3.05, 3.63) is 70.5 Å². The molecule has 0 radical (unpaired) electrons. The minimum Gasteiger partial charge on any atom is -0.460 e. The Kier molecular flexibility index (Phi) is 8.58. The molecule has 1 unspecified atom stereocenters. The van der Waals surface area contributed by atoms with Crippen LogP contribution in [0, 0.1) is 0 Å². The monoisotopic (exact) mass is 589 g/mol. The standard InChI is InChI=1S/C27H25Cl2N3O6S/c1-5-36-26(34)24-30-25(38-31-24)18-7-6-17-11-21(9-8-16(17)10-18)32(15-23(33)37-27(2,3)4)39(35)22-13-19(28)12-20(29)14-22/h6-14H,5,15H2,1-4H3. The predicted molar refractivity (Wildman–Crippen MR) is 149 cm³/mol. The number of ether oxygens (including phenoxy) is 2. The summed E-state index contributed by atoms with van der Waals surface area (Å²) in [5.41, 5.74) is 0.393. The zero-order chi connectivity index (χ0) is 28.3. The van der Waals surface area contributed by atoms with Gasteiger partial charge in [0.15, 0.2) is 11.0 Å². The number of anilines is 1. The average Bonchev–Trinajstić information content (AvgIpc) is 3.35. The van der Waals surface area contributed by atoms with Crippen molar-refractivity contribution in [3.8, 4) is 11.5 Å². The molecular weight excluding hydrogens is 565 g/mol. The maximum Gasteiger partial charge on any atom is 0.379 e. The van der Waals surface area contributed by atoms with Gasteiger partial charge in [-0.15, -0.1) is 0 Å². The molecule has 39 heavy (non-hydrogen) atoms. The number of benzene rings is 3. The minimum absolute atomic E-state index is 0.162. The van der Waals surface area contributed by atoms with Crippen LogP contribution in [0.5, 0.6) is 0 Å². The van der Waals surface area contributed by atoms with Crippen molar-refractivity contribution in [3.63, 3.8) is 0 Å². The summed E-state index contributed by atoms with van der Waals surface area (Å²) in [7, 11) is -1.84. The number of esters is 2. The van der Waals surface area contributed by atoms with Crippen LogP contribution in [0.2, 0.25) is 10.0 Å². The van der Waals surface area contributed by atoms with E-state index in [1.165, 1.54) is 22.5 Å². The van der Waals surface area contributed by atoms with Crippen molar-refractivity contribution in [2.75, 3.05) is 17.5 Å². The molecular formula is C27H25Cl2N3O6S. The predicted octanol–water partition coefficient (Wildman–Crippen LogP) is 6.24. The molecule has 204 valence electrons. The van der Waals surface area contributed by atoms with E-state index in [4.69, 9.17) is 37.2 Å². The first-order valence-corrected chi connectivity index (χ1v) is 13.7. The molecule has 12 heteroatoms. The Morgan fingerprint density at radius 1 is 1.00 bits per heavy atom. The third kappa shape index (κ3) is 7.14. The number of rotatable bonds is 8. The van der Waals surface area contributed by atoms with Gasteiger partial charge >= 0.3 is 11.9 Å². The fourth-order valence-corrected chi connectivity index (χ4v) is 5.53. The lowest BCUT2D eigenvalue weighted by molar-refractivity contribution is -0.152. The van der Waals surface area contributed by atoms with Gasteiger partial charge in [-0.1, -0.05) is 35.3 Å². The van der Waals surface area contributed by atoms with Crippen LogP contribution in [-0.4, -0.2) is 45.0 Å². The number of hydrogen-bond donors (Lipinski definition) is 0. The minimum atomic E-state index is -1.84. The fraction of sp³-hybridized carbons (Fsp3) is 0.259. The summed E-state index contributed by atoms with van der Waals surface area (Å²) in [4.78, 5) is 29.1. The number of hydrogen-bond acceptors (Lipinski definition) is 8. The number of carbonyl (C=O) groups excluding carboxylic acids is 2. The molecule has 0 amide bonds. The number of carbonyl (C=O) groups is 2. The SMILES string of the molecule is CCOC(=O)c1noc(-c2ccc3cc(N(CC(=O)OC(C)(C)C)S(=O)c4cc(Cl)cc(Cl)c4)ccc3c2)n1. The van der Waals surface area contributed by atoms with Crippen LogP contribution in [-0.2, 0) is 25.3 Å². The van der Waals surface area contributed by atoms with Gasteiger partial charge in [-0.25, -0.2) is 9.00 Å². The summed E-state index contributed by atoms with van der Waals surface area (Å²) in [5, 5.41) is 5.91. The second-order valence-corrected chi connectivity index (χ2v) is 11.7. The molecule has 0 saturated carbocycles. The van der Waals surface area contributed by atoms with Crippen LogP contribution >= 0.6 is 23.2 Å². The van der Waals surface area contributed by atoms with Gasteiger partial charge in [-0.05, 0) is 86.1 Å². The Morgan fingerprint density at radius 2 is 1.67 bits per heavy atom. The molecule has 3 aromatic carbocycles. The van der Waals surface area contributed by atoms with E-state index < -0.39 is 28.5 Å². The van der Waals surface area contributed by atoms with Crippen LogP contribution in [0.1, 0.15) is 38.3 Å². The van der Waals surface area contributed by atoms with Crippen molar-refractivity contribution in [1.29, 1.82) is 0 Å². The molecule has 0 fully saturated rings. The van der Waals surface area contributed by atoms with Crippen molar-refractivity contribution in [2.24, 2.45) is 0 Å². The second kappa shape index (κ2) is 11.7. The van der Waals surface area contributed by atoms with Gasteiger partial charge in [0.1, 0.15) is 12.1 Å². The Morgan fingerprint density at radius 3 is 2.33 bits per heavy atom. The molecule has 4 rings (SSSR count). The van der Waals surface area contributed by atoms with Gasteiger partial charge in [0.25, 0.3) is 11.7 Å². The van der Waals surface area contributed by atoms with Crippen LogP contribution in [0.4, 0.5) is 5.69 Å². The summed E-state index contributed by atoms with van der Waals surface area (Å²) < 4.78 is 30.7. The Balaban J connectivity index is 1.68. The van der Waals surface area contributed by atoms with Crippen LogP contribution < -0.4 is 4.31 Å². The number of nitrogens with zero attached hydrogens (tertiary/aromatic N) is 3. The zero-order valence-corrected chi connectivity index (χ0v) is 23.9. The van der Waals surface area contributed by atoms with Crippen LogP contribution in [0.15, 0.2) is 64.0 Å². The molecule has 0 aliphatic heterocycles. The van der Waals surface area contributed by atoms with Gasteiger partial charge < -0.3 is 14.0 Å². The van der Waals surface area contributed by atoms with Gasteiger partial charge in [0.2, 0.25) is 0 Å². The largest absolute Gasteiger partial charge is 0.460 e. The molecule has 4 aromatic rings. The van der Waals surface area contributed by atoms with E-state index in [1.54, 1.807) is 52.0 Å². The third-order valence-electron chi connectivity index (χ3n) is 5.17. The molecule has 1 heterocycles. The number of halogens is 2. The quantitative estimate of drug-likeness (QED) is 0.222. The Labute approximate surface area is 237 Å². The molecule has 0 spiro atoms. The highest BCUT2D eigenvalue weighted by Crippen LogP contribution is 2.30. The lowest BCUT2D eigenvalue weighted by atomic mass is 10.1. The molecule has 0 aliphatic rings. The molecule has 1 atom stereocenters. The van der Waals surface area contributed by atoms with E-state index in [2.05, 4.69) is 10.1 Å². The number of aromatic nitrogens is 2. The lowest BCUT2D eigenvalue weighted by Gasteiger charge is -2.26. The molecule has 9 nitrogen and oxygen atoms in total. The highest BCUT2D eigenvalue weighted by molar-refractivity contribution is 7.86. The van der Waals surface area contributed by atoms with Crippen LogP contribution in [0.25, 0.3) is 22.2 Å². The summed E-state index contributed by atoms with van der Waals surface area (Å²) in [6, 6.07) is 15.3. The normalized spacial score (nSPS) is 12.3. The summed E-state index contributed by atoms with van der Waals surface area (Å²) >= 11 is 12.3. The maximum atomic E-state index is 13.7. The third-order valence-corrected chi connectivity index (χ3v) is 6.99. The summed E-state index contributed by atoms with van der Waals surface area (Å²) in [6.07, 6.45) is 0. The Hall–Kier alpha value is -3.47. The molecule has 0 bridgehead atoms. The first-order chi connectivity index (χ1) is 18.4. The zero-order valence-electron chi connectivity index (χ0n) is 21.6. The van der Waals surface area contributed by atoms with E-state index in [1.807, 2.05) is 12.1 Å². The molecule has 0 N–H and O–H groups in total.